The fourth-order valence-corrected chi connectivity index (χ4v) is 2.40. The molecule has 2 aromatic rings. The van der Waals surface area contributed by atoms with E-state index in [4.69, 9.17) is 21.4 Å². The minimum Gasteiger partial charge on any atom is -0.488 e. The summed E-state index contributed by atoms with van der Waals surface area (Å²) in [6.45, 7) is 0.138. The average molecular weight is 330 g/mol. The van der Waals surface area contributed by atoms with E-state index in [-0.39, 0.29) is 18.1 Å². The highest BCUT2D eigenvalue weighted by atomic mass is 35.5. The molecule has 116 valence electrons. The first-order chi connectivity index (χ1) is 11.0. The fraction of sp³-hybridized carbons (Fsp3) is 0.0588. The number of hydrogen-bond donors (Lipinski definition) is 2. The SMILES string of the molecule is O=C(Nc1cccc(C(=O)O)c1)C1=Cc2cc(Cl)ccc2OC1. The molecule has 3 rings (SSSR count). The molecule has 0 fully saturated rings. The number of benzene rings is 2. The summed E-state index contributed by atoms with van der Waals surface area (Å²) in [7, 11) is 0. The number of anilines is 1. The molecule has 5 nitrogen and oxygen atoms in total. The molecule has 2 aromatic carbocycles. The molecule has 0 atom stereocenters. The number of ether oxygens (including phenoxy) is 1. The maximum absolute atomic E-state index is 12.3. The maximum atomic E-state index is 12.3. The number of rotatable bonds is 3. The van der Waals surface area contributed by atoms with E-state index >= 15 is 0 Å². The van der Waals surface area contributed by atoms with Gasteiger partial charge < -0.3 is 15.2 Å². The molecule has 1 amide bonds. The van der Waals surface area contributed by atoms with Crippen LogP contribution >= 0.6 is 11.6 Å². The number of carboxylic acids is 1. The molecule has 0 aromatic heterocycles. The number of nitrogens with one attached hydrogen (secondary N) is 1. The van der Waals surface area contributed by atoms with Gasteiger partial charge in [0.2, 0.25) is 0 Å². The van der Waals surface area contributed by atoms with Gasteiger partial charge >= 0.3 is 5.97 Å². The maximum Gasteiger partial charge on any atom is 0.335 e. The summed E-state index contributed by atoms with van der Waals surface area (Å²) < 4.78 is 5.53. The Morgan fingerprint density at radius 1 is 1.17 bits per heavy atom. The molecular weight excluding hydrogens is 318 g/mol. The summed E-state index contributed by atoms with van der Waals surface area (Å²) >= 11 is 5.94. The van der Waals surface area contributed by atoms with Gasteiger partial charge in [0.05, 0.1) is 11.1 Å². The van der Waals surface area contributed by atoms with Gasteiger partial charge in [-0.15, -0.1) is 0 Å². The standard InChI is InChI=1S/C17H12ClNO4/c18-13-4-5-15-11(7-13)6-12(9-23-15)16(20)19-14-3-1-2-10(8-14)17(21)22/h1-8H,9H2,(H,19,20)(H,21,22). The third-order valence-electron chi connectivity index (χ3n) is 3.34. The number of carbonyl (C=O) groups excluding carboxylic acids is 1. The molecule has 0 aliphatic carbocycles. The van der Waals surface area contributed by atoms with E-state index in [1.807, 2.05) is 0 Å². The normalized spacial score (nSPS) is 12.7. The van der Waals surface area contributed by atoms with Crippen molar-refractivity contribution < 1.29 is 19.4 Å². The fourth-order valence-electron chi connectivity index (χ4n) is 2.22. The van der Waals surface area contributed by atoms with Crippen molar-refractivity contribution in [3.8, 4) is 5.75 Å². The highest BCUT2D eigenvalue weighted by molar-refractivity contribution is 6.30. The molecule has 23 heavy (non-hydrogen) atoms. The lowest BCUT2D eigenvalue weighted by atomic mass is 10.1. The minimum atomic E-state index is -1.05. The Kier molecular flexibility index (Phi) is 4.04. The van der Waals surface area contributed by atoms with Gasteiger partial charge in [0.25, 0.3) is 5.91 Å². The van der Waals surface area contributed by atoms with E-state index in [0.717, 1.165) is 5.56 Å². The van der Waals surface area contributed by atoms with E-state index < -0.39 is 5.97 Å². The van der Waals surface area contributed by atoms with Gasteiger partial charge in [-0.25, -0.2) is 4.79 Å². The van der Waals surface area contributed by atoms with Crippen LogP contribution in [-0.4, -0.2) is 23.6 Å². The van der Waals surface area contributed by atoms with Gasteiger partial charge in [0.1, 0.15) is 12.4 Å². The number of fused-ring (bicyclic) bond motifs is 1. The van der Waals surface area contributed by atoms with Crippen molar-refractivity contribution in [2.45, 2.75) is 0 Å². The molecule has 0 radical (unpaired) electrons. The summed E-state index contributed by atoms with van der Waals surface area (Å²) in [4.78, 5) is 23.3. The number of carbonyl (C=O) groups is 2. The predicted octanol–water partition coefficient (Wildman–Crippen LogP) is 3.45. The van der Waals surface area contributed by atoms with Crippen LogP contribution in [-0.2, 0) is 4.79 Å². The number of amides is 1. The lowest BCUT2D eigenvalue weighted by molar-refractivity contribution is -0.113. The Morgan fingerprint density at radius 2 is 2.00 bits per heavy atom. The minimum absolute atomic E-state index is 0.105. The van der Waals surface area contributed by atoms with Crippen LogP contribution in [0.1, 0.15) is 15.9 Å². The van der Waals surface area contributed by atoms with Crippen molar-refractivity contribution in [2.24, 2.45) is 0 Å². The Morgan fingerprint density at radius 3 is 2.78 bits per heavy atom. The summed E-state index contributed by atoms with van der Waals surface area (Å²) in [5.74, 6) is -0.734. The van der Waals surface area contributed by atoms with Crippen LogP contribution in [0.4, 0.5) is 5.69 Å². The van der Waals surface area contributed by atoms with Crippen molar-refractivity contribution >= 4 is 35.2 Å². The van der Waals surface area contributed by atoms with E-state index in [2.05, 4.69) is 5.32 Å². The molecule has 1 aliphatic heterocycles. The van der Waals surface area contributed by atoms with Crippen LogP contribution in [0.5, 0.6) is 5.75 Å². The lowest BCUT2D eigenvalue weighted by Crippen LogP contribution is -2.21. The lowest BCUT2D eigenvalue weighted by Gasteiger charge is -2.18. The smallest absolute Gasteiger partial charge is 0.335 e. The molecule has 2 N–H and O–H groups in total. The number of carboxylic acid groups (broad SMARTS) is 1. The first-order valence-electron chi connectivity index (χ1n) is 6.80. The van der Waals surface area contributed by atoms with Gasteiger partial charge in [-0.05, 0) is 42.5 Å². The summed E-state index contributed by atoms with van der Waals surface area (Å²) in [6.07, 6.45) is 1.71. The zero-order chi connectivity index (χ0) is 16.4. The molecule has 0 saturated heterocycles. The first kappa shape index (κ1) is 15.1. The molecule has 0 saturated carbocycles. The Balaban J connectivity index is 1.81. The first-order valence-corrected chi connectivity index (χ1v) is 7.18. The summed E-state index contributed by atoms with van der Waals surface area (Å²) in [6, 6.07) is 11.2. The Hall–Kier alpha value is -2.79. The Bertz CT molecular complexity index is 829. The third kappa shape index (κ3) is 3.35. The van der Waals surface area contributed by atoms with Crippen molar-refractivity contribution in [1.29, 1.82) is 0 Å². The second-order valence-electron chi connectivity index (χ2n) is 4.98. The average Bonchev–Trinajstić information content (AvgIpc) is 2.54. The van der Waals surface area contributed by atoms with E-state index in [9.17, 15) is 9.59 Å². The van der Waals surface area contributed by atoms with Gasteiger partial charge in [0, 0.05) is 16.3 Å². The highest BCUT2D eigenvalue weighted by Crippen LogP contribution is 2.29. The quantitative estimate of drug-likeness (QED) is 0.904. The van der Waals surface area contributed by atoms with Crippen molar-refractivity contribution in [1.82, 2.24) is 0 Å². The number of aromatic carboxylic acids is 1. The van der Waals surface area contributed by atoms with Gasteiger partial charge in [-0.2, -0.15) is 0 Å². The van der Waals surface area contributed by atoms with Crippen LogP contribution in [0.25, 0.3) is 6.08 Å². The molecular formula is C17H12ClNO4. The monoisotopic (exact) mass is 329 g/mol. The van der Waals surface area contributed by atoms with Gasteiger partial charge in [0.15, 0.2) is 0 Å². The predicted molar refractivity (Wildman–Crippen MR) is 87.0 cm³/mol. The van der Waals surface area contributed by atoms with Crippen LogP contribution in [0.3, 0.4) is 0 Å². The van der Waals surface area contributed by atoms with Gasteiger partial charge in [-0.3, -0.25) is 4.79 Å². The zero-order valence-corrected chi connectivity index (χ0v) is 12.6. The number of hydrogen-bond acceptors (Lipinski definition) is 3. The van der Waals surface area contributed by atoms with Crippen molar-refractivity contribution in [2.75, 3.05) is 11.9 Å². The molecule has 0 bridgehead atoms. The van der Waals surface area contributed by atoms with Crippen LogP contribution in [0.15, 0.2) is 48.0 Å². The molecule has 0 unspecified atom stereocenters. The second kappa shape index (κ2) is 6.14. The summed E-state index contributed by atoms with van der Waals surface area (Å²) in [5, 5.41) is 12.2. The number of halogens is 1. The summed E-state index contributed by atoms with van der Waals surface area (Å²) in [5.41, 5.74) is 1.68. The van der Waals surface area contributed by atoms with Crippen molar-refractivity contribution in [3.63, 3.8) is 0 Å². The van der Waals surface area contributed by atoms with E-state index in [1.54, 1.807) is 36.4 Å². The Labute approximate surface area is 137 Å². The highest BCUT2D eigenvalue weighted by Gasteiger charge is 2.18. The molecule has 0 spiro atoms. The molecule has 1 heterocycles. The van der Waals surface area contributed by atoms with Crippen LogP contribution < -0.4 is 10.1 Å². The van der Waals surface area contributed by atoms with Gasteiger partial charge in [-0.1, -0.05) is 17.7 Å². The topological polar surface area (TPSA) is 75.6 Å². The molecule has 1 aliphatic rings. The van der Waals surface area contributed by atoms with E-state index in [0.29, 0.717) is 22.0 Å². The van der Waals surface area contributed by atoms with Crippen LogP contribution in [0, 0.1) is 0 Å². The third-order valence-corrected chi connectivity index (χ3v) is 3.58. The second-order valence-corrected chi connectivity index (χ2v) is 5.42. The molecule has 6 heteroatoms. The van der Waals surface area contributed by atoms with Crippen LogP contribution in [0.2, 0.25) is 5.02 Å². The van der Waals surface area contributed by atoms with E-state index in [1.165, 1.54) is 12.1 Å². The van der Waals surface area contributed by atoms with Crippen molar-refractivity contribution in [3.05, 3.63) is 64.2 Å². The zero-order valence-electron chi connectivity index (χ0n) is 11.9. The largest absolute Gasteiger partial charge is 0.488 e.